The number of rotatable bonds is 4. The molecule has 4 rings (SSSR count). The van der Waals surface area contributed by atoms with Crippen molar-refractivity contribution in [2.75, 3.05) is 11.4 Å². The van der Waals surface area contributed by atoms with Gasteiger partial charge in [-0.25, -0.2) is 4.98 Å². The minimum Gasteiger partial charge on any atom is -0.318 e. The first-order chi connectivity index (χ1) is 11.4. The number of benzene rings is 1. The van der Waals surface area contributed by atoms with E-state index in [0.29, 0.717) is 0 Å². The van der Waals surface area contributed by atoms with Crippen molar-refractivity contribution in [3.05, 3.63) is 40.9 Å². The van der Waals surface area contributed by atoms with Gasteiger partial charge in [0.1, 0.15) is 0 Å². The van der Waals surface area contributed by atoms with Crippen LogP contribution in [0.4, 0.5) is 10.8 Å². The fourth-order valence-electron chi connectivity index (χ4n) is 3.66. The summed E-state index contributed by atoms with van der Waals surface area (Å²) < 4.78 is 0. The lowest BCUT2D eigenvalue weighted by Crippen LogP contribution is -2.32. The summed E-state index contributed by atoms with van der Waals surface area (Å²) in [5.41, 5.74) is 3.08. The van der Waals surface area contributed by atoms with E-state index in [1.807, 2.05) is 11.3 Å². The predicted molar refractivity (Wildman–Crippen MR) is 104 cm³/mol. The van der Waals surface area contributed by atoms with Gasteiger partial charge in [0.15, 0.2) is 5.13 Å². The fraction of sp³-hybridized carbons (Fsp3) is 0.571. The summed E-state index contributed by atoms with van der Waals surface area (Å²) in [6.45, 7) is 10.6. The second-order valence-electron chi connectivity index (χ2n) is 8.83. The number of para-hydroxylation sites is 1. The van der Waals surface area contributed by atoms with Crippen molar-refractivity contribution in [1.82, 2.24) is 4.98 Å². The molecule has 1 saturated carbocycles. The van der Waals surface area contributed by atoms with Gasteiger partial charge in [-0.05, 0) is 43.7 Å². The first-order valence-corrected chi connectivity index (χ1v) is 10.0. The topological polar surface area (TPSA) is 16.1 Å². The summed E-state index contributed by atoms with van der Waals surface area (Å²) in [7, 11) is 0. The molecule has 0 aliphatic heterocycles. The van der Waals surface area contributed by atoms with Gasteiger partial charge in [-0.1, -0.05) is 45.9 Å². The molecule has 3 heteroatoms. The Kier molecular flexibility index (Phi) is 3.76. The van der Waals surface area contributed by atoms with Crippen LogP contribution in [0.3, 0.4) is 0 Å². The standard InChI is InChI=1S/C21H28N2S/c1-20(2)12-13-21(3,4)18-17(20)22-19(24-18)23(14-15-10-11-15)16-8-6-5-7-9-16/h5-9,15H,10-14H2,1-4H3. The Balaban J connectivity index is 1.78. The van der Waals surface area contributed by atoms with Crippen LogP contribution in [0.15, 0.2) is 30.3 Å². The van der Waals surface area contributed by atoms with Gasteiger partial charge >= 0.3 is 0 Å². The van der Waals surface area contributed by atoms with E-state index in [-0.39, 0.29) is 10.8 Å². The molecule has 1 fully saturated rings. The Labute approximate surface area is 149 Å². The molecule has 128 valence electrons. The van der Waals surface area contributed by atoms with E-state index in [2.05, 4.69) is 62.9 Å². The second kappa shape index (κ2) is 5.59. The van der Waals surface area contributed by atoms with Gasteiger partial charge < -0.3 is 4.90 Å². The molecule has 0 radical (unpaired) electrons. The Morgan fingerprint density at radius 1 is 1.04 bits per heavy atom. The van der Waals surface area contributed by atoms with Crippen molar-refractivity contribution in [3.8, 4) is 0 Å². The minimum atomic E-state index is 0.196. The average molecular weight is 341 g/mol. The largest absolute Gasteiger partial charge is 0.318 e. The number of anilines is 2. The Bertz CT molecular complexity index is 692. The van der Waals surface area contributed by atoms with Crippen LogP contribution < -0.4 is 4.90 Å². The molecule has 0 amide bonds. The summed E-state index contributed by atoms with van der Waals surface area (Å²) in [5.74, 6) is 0.840. The monoisotopic (exact) mass is 340 g/mol. The molecule has 2 aliphatic carbocycles. The van der Waals surface area contributed by atoms with E-state index in [9.17, 15) is 0 Å². The van der Waals surface area contributed by atoms with Gasteiger partial charge in [0.05, 0.1) is 5.69 Å². The Morgan fingerprint density at radius 3 is 2.33 bits per heavy atom. The first kappa shape index (κ1) is 16.1. The SMILES string of the molecule is CC1(C)CCC(C)(C)c2sc(N(CC3CC3)c3ccccc3)nc21. The maximum atomic E-state index is 5.20. The van der Waals surface area contributed by atoms with Crippen molar-refractivity contribution in [2.45, 2.75) is 64.2 Å². The van der Waals surface area contributed by atoms with Gasteiger partial charge in [-0.3, -0.25) is 0 Å². The average Bonchev–Trinajstić information content (AvgIpc) is 3.25. The molecule has 0 atom stereocenters. The molecule has 0 N–H and O–H groups in total. The zero-order valence-electron chi connectivity index (χ0n) is 15.3. The van der Waals surface area contributed by atoms with Crippen molar-refractivity contribution >= 4 is 22.2 Å². The third-order valence-electron chi connectivity index (χ3n) is 5.68. The number of hydrogen-bond donors (Lipinski definition) is 0. The Morgan fingerprint density at radius 2 is 1.71 bits per heavy atom. The quantitative estimate of drug-likeness (QED) is 0.674. The van der Waals surface area contributed by atoms with E-state index in [1.165, 1.54) is 47.1 Å². The van der Waals surface area contributed by atoms with Crippen LogP contribution in [0.5, 0.6) is 0 Å². The highest BCUT2D eigenvalue weighted by molar-refractivity contribution is 7.16. The summed E-state index contributed by atoms with van der Waals surface area (Å²) in [6, 6.07) is 10.8. The van der Waals surface area contributed by atoms with Crippen LogP contribution in [0.1, 0.15) is 63.9 Å². The lowest BCUT2D eigenvalue weighted by atomic mass is 9.69. The van der Waals surface area contributed by atoms with Crippen molar-refractivity contribution in [3.63, 3.8) is 0 Å². The van der Waals surface area contributed by atoms with Gasteiger partial charge in [-0.2, -0.15) is 0 Å². The molecule has 2 aromatic rings. The number of fused-ring (bicyclic) bond motifs is 1. The van der Waals surface area contributed by atoms with Crippen LogP contribution in [0.25, 0.3) is 0 Å². The Hall–Kier alpha value is -1.35. The molecule has 0 spiro atoms. The lowest BCUT2D eigenvalue weighted by molar-refractivity contribution is 0.331. The van der Waals surface area contributed by atoms with Crippen LogP contribution in [0, 0.1) is 5.92 Å². The van der Waals surface area contributed by atoms with E-state index in [0.717, 1.165) is 12.5 Å². The molecular weight excluding hydrogens is 312 g/mol. The van der Waals surface area contributed by atoms with E-state index >= 15 is 0 Å². The summed E-state index contributed by atoms with van der Waals surface area (Å²) >= 11 is 1.93. The molecule has 0 saturated heterocycles. The van der Waals surface area contributed by atoms with Gasteiger partial charge in [0.2, 0.25) is 0 Å². The molecule has 1 aromatic carbocycles. The number of thiazole rings is 1. The first-order valence-electron chi connectivity index (χ1n) is 9.21. The fourth-order valence-corrected chi connectivity index (χ4v) is 5.07. The highest BCUT2D eigenvalue weighted by Gasteiger charge is 2.41. The van der Waals surface area contributed by atoms with Crippen LogP contribution in [0.2, 0.25) is 0 Å². The normalized spacial score (nSPS) is 21.3. The van der Waals surface area contributed by atoms with Crippen molar-refractivity contribution in [1.29, 1.82) is 0 Å². The molecule has 1 aromatic heterocycles. The van der Waals surface area contributed by atoms with E-state index in [4.69, 9.17) is 4.98 Å². The molecule has 24 heavy (non-hydrogen) atoms. The van der Waals surface area contributed by atoms with Gasteiger partial charge in [0.25, 0.3) is 0 Å². The highest BCUT2D eigenvalue weighted by Crippen LogP contribution is 2.50. The maximum absolute atomic E-state index is 5.20. The van der Waals surface area contributed by atoms with E-state index in [1.54, 1.807) is 0 Å². The number of hydrogen-bond acceptors (Lipinski definition) is 3. The van der Waals surface area contributed by atoms with E-state index < -0.39 is 0 Å². The molecule has 2 nitrogen and oxygen atoms in total. The molecule has 0 unspecified atom stereocenters. The summed E-state index contributed by atoms with van der Waals surface area (Å²) in [6.07, 6.45) is 5.21. The number of nitrogens with zero attached hydrogens (tertiary/aromatic N) is 2. The minimum absolute atomic E-state index is 0.196. The third kappa shape index (κ3) is 2.88. The predicted octanol–water partition coefficient (Wildman–Crippen LogP) is 6.04. The van der Waals surface area contributed by atoms with Gasteiger partial charge in [-0.15, -0.1) is 11.3 Å². The van der Waals surface area contributed by atoms with Crippen LogP contribution >= 0.6 is 11.3 Å². The second-order valence-corrected chi connectivity index (χ2v) is 9.81. The summed E-state index contributed by atoms with van der Waals surface area (Å²) in [4.78, 5) is 9.17. The maximum Gasteiger partial charge on any atom is 0.190 e. The van der Waals surface area contributed by atoms with Gasteiger partial charge in [0, 0.05) is 27.9 Å². The summed E-state index contributed by atoms with van der Waals surface area (Å²) in [5, 5.41) is 1.20. The molecular formula is C21H28N2S. The molecule has 2 aliphatic rings. The van der Waals surface area contributed by atoms with Crippen LogP contribution in [-0.4, -0.2) is 11.5 Å². The van der Waals surface area contributed by atoms with Crippen molar-refractivity contribution < 1.29 is 0 Å². The smallest absolute Gasteiger partial charge is 0.190 e. The molecule has 1 heterocycles. The van der Waals surface area contributed by atoms with Crippen LogP contribution in [-0.2, 0) is 10.8 Å². The number of aromatic nitrogens is 1. The lowest BCUT2D eigenvalue weighted by Gasteiger charge is -2.37. The highest BCUT2D eigenvalue weighted by atomic mass is 32.1. The molecule has 0 bridgehead atoms. The zero-order valence-corrected chi connectivity index (χ0v) is 16.1. The van der Waals surface area contributed by atoms with Crippen molar-refractivity contribution in [2.24, 2.45) is 5.92 Å². The third-order valence-corrected chi connectivity index (χ3v) is 7.13. The zero-order chi connectivity index (χ0) is 16.9.